The number of nitrogens with zero attached hydrogens (tertiary/aromatic N) is 4. The Kier molecular flexibility index (Phi) is 5.46. The molecular weight excluding hydrogens is 454 g/mol. The van der Waals surface area contributed by atoms with Crippen LogP contribution in [0.4, 0.5) is 5.82 Å². The molecule has 5 rings (SSSR count). The predicted octanol–water partition coefficient (Wildman–Crippen LogP) is 4.25. The van der Waals surface area contributed by atoms with Gasteiger partial charge in [-0.3, -0.25) is 9.48 Å². The molecular formula is C21H16ClN5O4S. The Hall–Kier alpha value is -3.50. The summed E-state index contributed by atoms with van der Waals surface area (Å²) in [7, 11) is 1.76. The van der Waals surface area contributed by atoms with E-state index in [9.17, 15) is 4.79 Å². The minimum absolute atomic E-state index is 0.101. The van der Waals surface area contributed by atoms with Crippen molar-refractivity contribution in [1.82, 2.24) is 20.0 Å². The van der Waals surface area contributed by atoms with E-state index >= 15 is 0 Å². The fourth-order valence-electron chi connectivity index (χ4n) is 3.07. The molecule has 2 aromatic heterocycles. The molecule has 0 radical (unpaired) electrons. The van der Waals surface area contributed by atoms with Gasteiger partial charge < -0.3 is 19.2 Å². The van der Waals surface area contributed by atoms with Gasteiger partial charge in [-0.25, -0.2) is 0 Å². The standard InChI is InChI=1S/C21H16ClN5O4S/c1-27-18(9-15(26-27)12-2-5-14(22)6-3-12)23-19(28)10-32-21-25-24-20(31-21)13-4-7-16-17(8-13)30-11-29-16/h2-9H,10-11H2,1H3,(H,23,28). The highest BCUT2D eigenvalue weighted by molar-refractivity contribution is 7.99. The maximum atomic E-state index is 12.4. The van der Waals surface area contributed by atoms with Crippen molar-refractivity contribution >= 4 is 35.1 Å². The van der Waals surface area contributed by atoms with E-state index in [1.165, 1.54) is 0 Å². The zero-order valence-electron chi connectivity index (χ0n) is 16.7. The second kappa shape index (κ2) is 8.56. The van der Waals surface area contributed by atoms with E-state index in [0.29, 0.717) is 39.0 Å². The highest BCUT2D eigenvalue weighted by Gasteiger charge is 2.18. The van der Waals surface area contributed by atoms with E-state index in [2.05, 4.69) is 20.6 Å². The lowest BCUT2D eigenvalue weighted by Gasteiger charge is -2.03. The van der Waals surface area contributed by atoms with Crippen LogP contribution in [0.2, 0.25) is 5.02 Å². The number of ether oxygens (including phenoxy) is 2. The van der Waals surface area contributed by atoms with Gasteiger partial charge in [-0.1, -0.05) is 35.5 Å². The number of halogens is 1. The SMILES string of the molecule is Cn1nc(-c2ccc(Cl)cc2)cc1NC(=O)CSc1nnc(-c2ccc3c(c2)OCO3)o1. The number of carbonyl (C=O) groups excluding carboxylic acids is 1. The summed E-state index contributed by atoms with van der Waals surface area (Å²) >= 11 is 7.08. The van der Waals surface area contributed by atoms with Crippen LogP contribution in [-0.2, 0) is 11.8 Å². The molecule has 1 N–H and O–H groups in total. The van der Waals surface area contributed by atoms with Crippen LogP contribution in [-0.4, -0.2) is 38.4 Å². The third-order valence-electron chi connectivity index (χ3n) is 4.64. The van der Waals surface area contributed by atoms with Crippen molar-refractivity contribution in [3.05, 3.63) is 53.6 Å². The van der Waals surface area contributed by atoms with Crippen LogP contribution in [0.5, 0.6) is 11.5 Å². The van der Waals surface area contributed by atoms with E-state index in [4.69, 9.17) is 25.5 Å². The normalized spacial score (nSPS) is 12.2. The van der Waals surface area contributed by atoms with Crippen LogP contribution in [0.15, 0.2) is 58.2 Å². The molecule has 1 aliphatic rings. The highest BCUT2D eigenvalue weighted by atomic mass is 35.5. The van der Waals surface area contributed by atoms with Gasteiger partial charge in [0.05, 0.1) is 11.4 Å². The summed E-state index contributed by atoms with van der Waals surface area (Å²) in [6.07, 6.45) is 0. The van der Waals surface area contributed by atoms with Crippen molar-refractivity contribution in [1.29, 1.82) is 0 Å². The Bertz CT molecular complexity index is 1290. The third kappa shape index (κ3) is 4.27. The van der Waals surface area contributed by atoms with Crippen LogP contribution in [0.1, 0.15) is 0 Å². The second-order valence-electron chi connectivity index (χ2n) is 6.82. The number of aromatic nitrogens is 4. The maximum Gasteiger partial charge on any atom is 0.277 e. The Morgan fingerprint density at radius 2 is 1.88 bits per heavy atom. The van der Waals surface area contributed by atoms with Gasteiger partial charge in [-0.15, -0.1) is 10.2 Å². The lowest BCUT2D eigenvalue weighted by molar-refractivity contribution is -0.113. The zero-order valence-corrected chi connectivity index (χ0v) is 18.3. The molecule has 0 unspecified atom stereocenters. The van der Waals surface area contributed by atoms with Crippen molar-refractivity contribution in [2.75, 3.05) is 17.9 Å². The average molecular weight is 470 g/mol. The molecule has 0 atom stereocenters. The maximum absolute atomic E-state index is 12.4. The van der Waals surface area contributed by atoms with Gasteiger partial charge in [-0.05, 0) is 30.3 Å². The number of benzene rings is 2. The van der Waals surface area contributed by atoms with E-state index in [1.54, 1.807) is 42.1 Å². The fourth-order valence-corrected chi connectivity index (χ4v) is 3.76. The summed E-state index contributed by atoms with van der Waals surface area (Å²) in [6, 6.07) is 14.5. The van der Waals surface area contributed by atoms with Crippen molar-refractivity contribution in [2.45, 2.75) is 5.22 Å². The van der Waals surface area contributed by atoms with Crippen molar-refractivity contribution in [2.24, 2.45) is 7.05 Å². The lowest BCUT2D eigenvalue weighted by atomic mass is 10.1. The lowest BCUT2D eigenvalue weighted by Crippen LogP contribution is -2.16. The third-order valence-corrected chi connectivity index (χ3v) is 5.71. The van der Waals surface area contributed by atoms with E-state index in [0.717, 1.165) is 23.0 Å². The molecule has 0 bridgehead atoms. The van der Waals surface area contributed by atoms with Crippen LogP contribution >= 0.6 is 23.4 Å². The number of nitrogens with one attached hydrogen (secondary N) is 1. The number of carbonyl (C=O) groups is 1. The summed E-state index contributed by atoms with van der Waals surface area (Å²) in [5, 5.41) is 16.3. The first-order valence-corrected chi connectivity index (χ1v) is 10.9. The number of anilines is 1. The van der Waals surface area contributed by atoms with Crippen molar-refractivity contribution < 1.29 is 18.7 Å². The molecule has 0 saturated carbocycles. The molecule has 1 amide bonds. The van der Waals surface area contributed by atoms with Gasteiger partial charge in [0, 0.05) is 29.3 Å². The van der Waals surface area contributed by atoms with Crippen LogP contribution in [0.3, 0.4) is 0 Å². The van der Waals surface area contributed by atoms with E-state index < -0.39 is 0 Å². The highest BCUT2D eigenvalue weighted by Crippen LogP contribution is 2.36. The molecule has 11 heteroatoms. The first-order chi connectivity index (χ1) is 15.5. The molecule has 4 aromatic rings. The van der Waals surface area contributed by atoms with Crippen LogP contribution in [0.25, 0.3) is 22.7 Å². The number of aryl methyl sites for hydroxylation is 1. The van der Waals surface area contributed by atoms with Crippen molar-refractivity contribution in [3.63, 3.8) is 0 Å². The summed E-state index contributed by atoms with van der Waals surface area (Å²) in [5.41, 5.74) is 2.35. The predicted molar refractivity (Wildman–Crippen MR) is 119 cm³/mol. The Morgan fingerprint density at radius 1 is 1.09 bits per heavy atom. The number of fused-ring (bicyclic) bond motifs is 1. The molecule has 162 valence electrons. The zero-order chi connectivity index (χ0) is 22.1. The summed E-state index contributed by atoms with van der Waals surface area (Å²) in [5.74, 6) is 2.10. The van der Waals surface area contributed by atoms with E-state index in [-0.39, 0.29) is 18.5 Å². The number of rotatable bonds is 6. The number of thioether (sulfide) groups is 1. The molecule has 9 nitrogen and oxygen atoms in total. The Morgan fingerprint density at radius 3 is 2.72 bits per heavy atom. The topological polar surface area (TPSA) is 104 Å². The average Bonchev–Trinajstić information content (AvgIpc) is 3.52. The van der Waals surface area contributed by atoms with Crippen molar-refractivity contribution in [3.8, 4) is 34.2 Å². The van der Waals surface area contributed by atoms with E-state index in [1.807, 2.05) is 18.2 Å². The van der Waals surface area contributed by atoms with Crippen LogP contribution in [0, 0.1) is 0 Å². The molecule has 2 aromatic carbocycles. The molecule has 0 aliphatic carbocycles. The first-order valence-electron chi connectivity index (χ1n) is 9.51. The van der Waals surface area contributed by atoms with Gasteiger partial charge in [-0.2, -0.15) is 5.10 Å². The second-order valence-corrected chi connectivity index (χ2v) is 8.19. The fraction of sp³-hybridized carbons (Fsp3) is 0.143. The molecule has 0 fully saturated rings. The van der Waals surface area contributed by atoms with Gasteiger partial charge in [0.2, 0.25) is 18.6 Å². The number of amides is 1. The quantitative estimate of drug-likeness (QED) is 0.418. The van der Waals surface area contributed by atoms with Gasteiger partial charge in [0.25, 0.3) is 5.22 Å². The summed E-state index contributed by atoms with van der Waals surface area (Å²) in [6.45, 7) is 0.191. The monoisotopic (exact) mass is 469 g/mol. The minimum atomic E-state index is -0.219. The Balaban J connectivity index is 1.20. The molecule has 0 saturated heterocycles. The largest absolute Gasteiger partial charge is 0.454 e. The number of hydrogen-bond donors (Lipinski definition) is 1. The summed E-state index contributed by atoms with van der Waals surface area (Å²) in [4.78, 5) is 12.4. The van der Waals surface area contributed by atoms with Crippen LogP contribution < -0.4 is 14.8 Å². The smallest absolute Gasteiger partial charge is 0.277 e. The molecule has 32 heavy (non-hydrogen) atoms. The first kappa shape index (κ1) is 20.4. The molecule has 0 spiro atoms. The van der Waals surface area contributed by atoms with Gasteiger partial charge in [0.1, 0.15) is 5.82 Å². The molecule has 3 heterocycles. The molecule has 1 aliphatic heterocycles. The Labute approximate surface area is 191 Å². The number of hydrogen-bond acceptors (Lipinski definition) is 8. The summed E-state index contributed by atoms with van der Waals surface area (Å²) < 4.78 is 17.9. The van der Waals surface area contributed by atoms with Gasteiger partial charge in [0.15, 0.2) is 11.5 Å². The van der Waals surface area contributed by atoms with Gasteiger partial charge >= 0.3 is 0 Å². The minimum Gasteiger partial charge on any atom is -0.454 e.